The standard InChI is InChI=1S/C12H15Br2NO2/c1-15(10-5-3-2-4-9(10)13)12(16)8-6-7-17-11(8)14/h6-7,9-10H,2-5H2,1H3. The molecule has 0 N–H and O–H groups in total. The summed E-state index contributed by atoms with van der Waals surface area (Å²) in [5, 5.41) is 0. The first-order valence-corrected chi connectivity index (χ1v) is 7.46. The lowest BCUT2D eigenvalue weighted by molar-refractivity contribution is 0.0702. The number of hydrogen-bond acceptors (Lipinski definition) is 2. The predicted molar refractivity (Wildman–Crippen MR) is 73.5 cm³/mol. The highest BCUT2D eigenvalue weighted by Crippen LogP contribution is 2.29. The molecule has 0 aliphatic heterocycles. The first-order valence-electron chi connectivity index (χ1n) is 5.75. The molecule has 5 heteroatoms. The van der Waals surface area contributed by atoms with E-state index >= 15 is 0 Å². The van der Waals surface area contributed by atoms with Crippen LogP contribution in [0.25, 0.3) is 0 Å². The van der Waals surface area contributed by atoms with E-state index in [9.17, 15) is 4.79 Å². The number of hydrogen-bond donors (Lipinski definition) is 0. The Kier molecular flexibility index (Phi) is 4.31. The van der Waals surface area contributed by atoms with Gasteiger partial charge in [-0.1, -0.05) is 28.8 Å². The Morgan fingerprint density at radius 1 is 1.47 bits per heavy atom. The monoisotopic (exact) mass is 363 g/mol. The summed E-state index contributed by atoms with van der Waals surface area (Å²) in [6.07, 6.45) is 6.15. The molecule has 1 aromatic heterocycles. The molecule has 1 aliphatic rings. The zero-order valence-electron chi connectivity index (χ0n) is 9.66. The molecule has 1 heterocycles. The lowest BCUT2D eigenvalue weighted by Gasteiger charge is -2.35. The van der Waals surface area contributed by atoms with Gasteiger partial charge in [-0.25, -0.2) is 0 Å². The number of amides is 1. The van der Waals surface area contributed by atoms with Gasteiger partial charge in [0.05, 0.1) is 11.8 Å². The molecule has 1 saturated carbocycles. The molecule has 1 fully saturated rings. The largest absolute Gasteiger partial charge is 0.457 e. The number of alkyl halides is 1. The van der Waals surface area contributed by atoms with Crippen molar-refractivity contribution in [2.75, 3.05) is 7.05 Å². The molecular weight excluding hydrogens is 350 g/mol. The van der Waals surface area contributed by atoms with Gasteiger partial charge in [0.25, 0.3) is 5.91 Å². The van der Waals surface area contributed by atoms with E-state index in [-0.39, 0.29) is 11.9 Å². The molecule has 0 radical (unpaired) electrons. The summed E-state index contributed by atoms with van der Waals surface area (Å²) < 4.78 is 5.62. The minimum atomic E-state index is 0.0157. The van der Waals surface area contributed by atoms with Crippen LogP contribution < -0.4 is 0 Å². The molecule has 17 heavy (non-hydrogen) atoms. The molecule has 0 spiro atoms. The fourth-order valence-corrected chi connectivity index (χ4v) is 3.64. The number of nitrogens with zero attached hydrogens (tertiary/aromatic N) is 1. The van der Waals surface area contributed by atoms with Crippen LogP contribution in [-0.2, 0) is 0 Å². The number of carbonyl (C=O) groups excluding carboxylic acids is 1. The Labute approximate surface area is 118 Å². The predicted octanol–water partition coefficient (Wildman–Crippen LogP) is 3.82. The van der Waals surface area contributed by atoms with Crippen LogP contribution in [0.15, 0.2) is 21.4 Å². The van der Waals surface area contributed by atoms with Crippen LogP contribution in [0, 0.1) is 0 Å². The van der Waals surface area contributed by atoms with Crippen molar-refractivity contribution in [3.8, 4) is 0 Å². The Bertz CT molecular complexity index is 405. The first-order chi connectivity index (χ1) is 8.11. The van der Waals surface area contributed by atoms with E-state index in [0.29, 0.717) is 15.1 Å². The summed E-state index contributed by atoms with van der Waals surface area (Å²) >= 11 is 6.92. The maximum Gasteiger partial charge on any atom is 0.258 e. The number of halogens is 2. The number of rotatable bonds is 2. The molecule has 1 aromatic rings. The van der Waals surface area contributed by atoms with Gasteiger partial charge in [0.2, 0.25) is 0 Å². The van der Waals surface area contributed by atoms with Crippen molar-refractivity contribution in [3.63, 3.8) is 0 Å². The molecule has 3 nitrogen and oxygen atoms in total. The maximum atomic E-state index is 12.3. The average molecular weight is 365 g/mol. The fraction of sp³-hybridized carbons (Fsp3) is 0.583. The Balaban J connectivity index is 2.11. The molecule has 2 unspecified atom stereocenters. The van der Waals surface area contributed by atoms with Crippen LogP contribution in [0.1, 0.15) is 36.0 Å². The van der Waals surface area contributed by atoms with Crippen molar-refractivity contribution in [2.24, 2.45) is 0 Å². The average Bonchev–Trinajstić information content (AvgIpc) is 2.74. The lowest BCUT2D eigenvalue weighted by atomic mass is 9.94. The van der Waals surface area contributed by atoms with Gasteiger partial charge in [0.1, 0.15) is 0 Å². The highest BCUT2D eigenvalue weighted by Gasteiger charge is 2.30. The highest BCUT2D eigenvalue weighted by molar-refractivity contribution is 9.10. The minimum Gasteiger partial charge on any atom is -0.457 e. The molecule has 0 aromatic carbocycles. The third-order valence-corrected chi connectivity index (χ3v) is 5.00. The van der Waals surface area contributed by atoms with E-state index < -0.39 is 0 Å². The summed E-state index contributed by atoms with van der Waals surface area (Å²) in [7, 11) is 1.87. The Morgan fingerprint density at radius 3 is 2.76 bits per heavy atom. The van der Waals surface area contributed by atoms with Gasteiger partial charge >= 0.3 is 0 Å². The summed E-state index contributed by atoms with van der Waals surface area (Å²) in [6, 6.07) is 1.98. The van der Waals surface area contributed by atoms with Crippen molar-refractivity contribution >= 4 is 37.8 Å². The van der Waals surface area contributed by atoms with E-state index in [1.54, 1.807) is 6.07 Å². The smallest absolute Gasteiger partial charge is 0.258 e. The first kappa shape index (κ1) is 13.1. The van der Waals surface area contributed by atoms with Gasteiger partial charge in [0.15, 0.2) is 4.67 Å². The van der Waals surface area contributed by atoms with Gasteiger partial charge < -0.3 is 9.32 Å². The molecule has 1 aliphatic carbocycles. The van der Waals surface area contributed by atoms with Crippen LogP contribution in [0.4, 0.5) is 0 Å². The topological polar surface area (TPSA) is 33.5 Å². The molecule has 1 amide bonds. The third-order valence-electron chi connectivity index (χ3n) is 3.31. The SMILES string of the molecule is CN(C(=O)c1ccoc1Br)C1CCCCC1Br. The van der Waals surface area contributed by atoms with Crippen LogP contribution in [-0.4, -0.2) is 28.7 Å². The third kappa shape index (κ3) is 2.76. The van der Waals surface area contributed by atoms with Gasteiger partial charge in [-0.3, -0.25) is 4.79 Å². The number of carbonyl (C=O) groups is 1. The molecule has 0 saturated heterocycles. The van der Waals surface area contributed by atoms with Gasteiger partial charge in [-0.05, 0) is 34.8 Å². The van der Waals surface area contributed by atoms with Crippen molar-refractivity contribution < 1.29 is 9.21 Å². The summed E-state index contributed by atoms with van der Waals surface area (Å²) in [4.78, 5) is 14.5. The molecule has 2 rings (SSSR count). The van der Waals surface area contributed by atoms with Gasteiger partial charge in [-0.2, -0.15) is 0 Å². The summed E-state index contributed by atoms with van der Waals surface area (Å²) in [5.41, 5.74) is 0.595. The van der Waals surface area contributed by atoms with E-state index in [4.69, 9.17) is 4.42 Å². The van der Waals surface area contributed by atoms with Crippen molar-refractivity contribution in [2.45, 2.75) is 36.6 Å². The zero-order valence-corrected chi connectivity index (χ0v) is 12.8. The van der Waals surface area contributed by atoms with Crippen molar-refractivity contribution in [3.05, 3.63) is 22.6 Å². The van der Waals surface area contributed by atoms with E-state index in [0.717, 1.165) is 12.8 Å². The number of furan rings is 1. The van der Waals surface area contributed by atoms with Crippen molar-refractivity contribution in [1.29, 1.82) is 0 Å². The van der Waals surface area contributed by atoms with E-state index in [1.165, 1.54) is 19.1 Å². The Hall–Kier alpha value is -0.290. The normalized spacial score (nSPS) is 24.6. The van der Waals surface area contributed by atoms with E-state index in [1.807, 2.05) is 11.9 Å². The quantitative estimate of drug-likeness (QED) is 0.747. The second-order valence-corrected chi connectivity index (χ2v) is 6.29. The van der Waals surface area contributed by atoms with Gasteiger partial charge in [0, 0.05) is 17.9 Å². The molecule has 0 bridgehead atoms. The van der Waals surface area contributed by atoms with Crippen molar-refractivity contribution in [1.82, 2.24) is 4.90 Å². The zero-order chi connectivity index (χ0) is 12.4. The van der Waals surface area contributed by atoms with Crippen LogP contribution >= 0.6 is 31.9 Å². The van der Waals surface area contributed by atoms with Crippen LogP contribution in [0.2, 0.25) is 0 Å². The van der Waals surface area contributed by atoms with Gasteiger partial charge in [-0.15, -0.1) is 0 Å². The molecular formula is C12H15Br2NO2. The van der Waals surface area contributed by atoms with Crippen LogP contribution in [0.5, 0.6) is 0 Å². The Morgan fingerprint density at radius 2 is 2.18 bits per heavy atom. The van der Waals surface area contributed by atoms with E-state index in [2.05, 4.69) is 31.9 Å². The second kappa shape index (κ2) is 5.57. The molecule has 94 valence electrons. The lowest BCUT2D eigenvalue weighted by Crippen LogP contribution is -2.44. The maximum absolute atomic E-state index is 12.3. The van der Waals surface area contributed by atoms with Crippen LogP contribution in [0.3, 0.4) is 0 Å². The highest BCUT2D eigenvalue weighted by atomic mass is 79.9. The summed E-state index contributed by atoms with van der Waals surface area (Å²) in [5.74, 6) is 0.0157. The summed E-state index contributed by atoms with van der Waals surface area (Å²) in [6.45, 7) is 0. The molecule has 2 atom stereocenters. The minimum absolute atomic E-state index is 0.0157. The second-order valence-electron chi connectivity index (χ2n) is 4.39. The fourth-order valence-electron chi connectivity index (χ4n) is 2.29.